The van der Waals surface area contributed by atoms with E-state index in [-0.39, 0.29) is 11.9 Å². The van der Waals surface area contributed by atoms with Crippen LogP contribution in [-0.4, -0.2) is 37.7 Å². The van der Waals surface area contributed by atoms with Gasteiger partial charge in [0, 0.05) is 13.2 Å². The van der Waals surface area contributed by atoms with E-state index in [2.05, 4.69) is 15.8 Å². The van der Waals surface area contributed by atoms with Gasteiger partial charge >= 0.3 is 0 Å². The number of rotatable bonds is 8. The van der Waals surface area contributed by atoms with Gasteiger partial charge in [-0.1, -0.05) is 12.1 Å². The molecule has 1 heterocycles. The average molecular weight is 418 g/mol. The predicted molar refractivity (Wildman–Crippen MR) is 114 cm³/mol. The quantitative estimate of drug-likeness (QED) is 0.390. The van der Waals surface area contributed by atoms with Crippen LogP contribution in [-0.2, 0) is 11.3 Å². The molecule has 2 N–H and O–H groups in total. The van der Waals surface area contributed by atoms with Crippen LogP contribution in [0.5, 0.6) is 11.5 Å². The first-order valence-corrected chi connectivity index (χ1v) is 9.78. The molecular weight excluding hydrogens is 393 g/mol. The van der Waals surface area contributed by atoms with Crippen LogP contribution in [0.2, 0.25) is 0 Å². The number of hydrogen-bond donors (Lipinski definition) is 2. The summed E-state index contributed by atoms with van der Waals surface area (Å²) in [5.74, 6) is 0.899. The Hall–Kier alpha value is -2.71. The van der Waals surface area contributed by atoms with Gasteiger partial charge in [-0.15, -0.1) is 0 Å². The smallest absolute Gasteiger partial charge is 0.187 e. The van der Waals surface area contributed by atoms with Crippen molar-refractivity contribution in [3.63, 3.8) is 0 Å². The van der Waals surface area contributed by atoms with Gasteiger partial charge in [-0.3, -0.25) is 5.43 Å². The maximum Gasteiger partial charge on any atom is 0.187 e. The number of halogens is 1. The van der Waals surface area contributed by atoms with E-state index in [1.54, 1.807) is 31.5 Å². The molecule has 0 bridgehead atoms. The van der Waals surface area contributed by atoms with Crippen LogP contribution in [0.1, 0.15) is 24.0 Å². The van der Waals surface area contributed by atoms with Crippen molar-refractivity contribution < 1.29 is 18.6 Å². The Labute approximate surface area is 175 Å². The van der Waals surface area contributed by atoms with Crippen LogP contribution in [0, 0.1) is 5.82 Å². The Morgan fingerprint density at radius 3 is 2.83 bits per heavy atom. The molecule has 0 aliphatic carbocycles. The molecule has 0 radical (unpaired) electrons. The Morgan fingerprint density at radius 1 is 1.28 bits per heavy atom. The van der Waals surface area contributed by atoms with Crippen molar-refractivity contribution >= 4 is 23.5 Å². The Balaban J connectivity index is 1.50. The van der Waals surface area contributed by atoms with Crippen molar-refractivity contribution in [2.24, 2.45) is 5.10 Å². The second kappa shape index (κ2) is 10.7. The largest absolute Gasteiger partial charge is 0.493 e. The Morgan fingerprint density at radius 2 is 2.10 bits per heavy atom. The average Bonchev–Trinajstić information content (AvgIpc) is 3.26. The van der Waals surface area contributed by atoms with Gasteiger partial charge in [0.05, 0.1) is 19.4 Å². The van der Waals surface area contributed by atoms with E-state index in [1.807, 2.05) is 12.1 Å². The highest BCUT2D eigenvalue weighted by Crippen LogP contribution is 2.28. The fourth-order valence-electron chi connectivity index (χ4n) is 2.84. The molecule has 1 atom stereocenters. The summed E-state index contributed by atoms with van der Waals surface area (Å²) in [6, 6.07) is 11.7. The third kappa shape index (κ3) is 6.69. The lowest BCUT2D eigenvalue weighted by molar-refractivity contribution is 0.114. The van der Waals surface area contributed by atoms with Gasteiger partial charge in [-0.05, 0) is 66.5 Å². The van der Waals surface area contributed by atoms with Crippen LogP contribution in [0.4, 0.5) is 4.39 Å². The second-order valence-electron chi connectivity index (χ2n) is 6.54. The first kappa shape index (κ1) is 21.0. The fourth-order valence-corrected chi connectivity index (χ4v) is 2.98. The lowest BCUT2D eigenvalue weighted by Gasteiger charge is -2.12. The molecule has 6 nitrogen and oxygen atoms in total. The van der Waals surface area contributed by atoms with Gasteiger partial charge in [-0.2, -0.15) is 5.10 Å². The minimum atomic E-state index is -0.273. The number of nitrogens with one attached hydrogen (secondary N) is 2. The zero-order chi connectivity index (χ0) is 20.5. The van der Waals surface area contributed by atoms with Crippen molar-refractivity contribution in [3.05, 3.63) is 59.4 Å². The van der Waals surface area contributed by atoms with Gasteiger partial charge in [0.25, 0.3) is 0 Å². The summed E-state index contributed by atoms with van der Waals surface area (Å²) in [4.78, 5) is 0. The topological polar surface area (TPSA) is 64.1 Å². The van der Waals surface area contributed by atoms with Crippen molar-refractivity contribution in [2.45, 2.75) is 25.6 Å². The van der Waals surface area contributed by atoms with Crippen LogP contribution < -0.4 is 20.2 Å². The van der Waals surface area contributed by atoms with Gasteiger partial charge in [-0.25, -0.2) is 4.39 Å². The molecule has 154 valence electrons. The lowest BCUT2D eigenvalue weighted by atomic mass is 10.2. The van der Waals surface area contributed by atoms with E-state index >= 15 is 0 Å². The van der Waals surface area contributed by atoms with E-state index in [4.69, 9.17) is 26.4 Å². The third-order valence-corrected chi connectivity index (χ3v) is 4.62. The zero-order valence-electron chi connectivity index (χ0n) is 16.2. The molecule has 2 aromatic carbocycles. The number of nitrogens with zero attached hydrogens (tertiary/aromatic N) is 1. The predicted octanol–water partition coefficient (Wildman–Crippen LogP) is 3.39. The molecule has 3 rings (SSSR count). The first-order valence-electron chi connectivity index (χ1n) is 9.38. The highest BCUT2D eigenvalue weighted by Gasteiger charge is 2.15. The third-order valence-electron chi connectivity index (χ3n) is 4.39. The summed E-state index contributed by atoms with van der Waals surface area (Å²) in [5, 5.41) is 7.68. The van der Waals surface area contributed by atoms with E-state index in [0.29, 0.717) is 29.8 Å². The Bertz CT molecular complexity index is 840. The van der Waals surface area contributed by atoms with Crippen molar-refractivity contribution in [3.8, 4) is 11.5 Å². The van der Waals surface area contributed by atoms with Gasteiger partial charge < -0.3 is 19.5 Å². The highest BCUT2D eigenvalue weighted by atomic mass is 32.1. The number of hydrazone groups is 1. The van der Waals surface area contributed by atoms with Crippen LogP contribution in [0.3, 0.4) is 0 Å². The number of ether oxygens (including phenoxy) is 3. The summed E-state index contributed by atoms with van der Waals surface area (Å²) in [6.07, 6.45) is 4.00. The second-order valence-corrected chi connectivity index (χ2v) is 6.95. The molecule has 8 heteroatoms. The monoisotopic (exact) mass is 417 g/mol. The maximum absolute atomic E-state index is 13.0. The number of methoxy groups -OCH3 is 1. The molecule has 1 aliphatic rings. The summed E-state index contributed by atoms with van der Waals surface area (Å²) >= 11 is 5.20. The van der Waals surface area contributed by atoms with E-state index in [9.17, 15) is 4.39 Å². The van der Waals surface area contributed by atoms with Crippen LogP contribution in [0.15, 0.2) is 47.6 Å². The lowest BCUT2D eigenvalue weighted by Crippen LogP contribution is -2.37. The van der Waals surface area contributed by atoms with Crippen LogP contribution >= 0.6 is 12.2 Å². The van der Waals surface area contributed by atoms with E-state index in [0.717, 1.165) is 30.6 Å². The molecule has 0 aromatic heterocycles. The van der Waals surface area contributed by atoms with Crippen molar-refractivity contribution in [2.75, 3.05) is 20.3 Å². The SMILES string of the molecule is COc1cc(/C=N\NC(=S)NC[C@@H]2CCCO2)ccc1OCc1ccc(F)cc1. The zero-order valence-corrected chi connectivity index (χ0v) is 17.0. The molecule has 0 spiro atoms. The van der Waals surface area contributed by atoms with Crippen LogP contribution in [0.25, 0.3) is 0 Å². The number of benzene rings is 2. The molecule has 29 heavy (non-hydrogen) atoms. The van der Waals surface area contributed by atoms with Crippen molar-refractivity contribution in [1.82, 2.24) is 10.7 Å². The summed E-state index contributed by atoms with van der Waals surface area (Å²) < 4.78 is 29.7. The summed E-state index contributed by atoms with van der Waals surface area (Å²) in [6.45, 7) is 1.81. The first-order chi connectivity index (χ1) is 14.1. The minimum Gasteiger partial charge on any atom is -0.493 e. The fraction of sp³-hybridized carbons (Fsp3) is 0.333. The number of hydrogen-bond acceptors (Lipinski definition) is 5. The summed E-state index contributed by atoms with van der Waals surface area (Å²) in [5.41, 5.74) is 4.48. The van der Waals surface area contributed by atoms with Crippen molar-refractivity contribution in [1.29, 1.82) is 0 Å². The number of thiocarbonyl (C=S) groups is 1. The highest BCUT2D eigenvalue weighted by molar-refractivity contribution is 7.80. The molecule has 0 unspecified atom stereocenters. The van der Waals surface area contributed by atoms with E-state index in [1.165, 1.54) is 12.1 Å². The molecule has 2 aromatic rings. The van der Waals surface area contributed by atoms with Gasteiger partial charge in [0.1, 0.15) is 12.4 Å². The standard InChI is InChI=1S/C21H24FN3O3S/c1-26-20-11-16(12-24-25-21(29)23-13-18-3-2-10-27-18)6-9-19(20)28-14-15-4-7-17(22)8-5-15/h4-9,11-12,18H,2-3,10,13-14H2,1H3,(H2,23,25,29)/b24-12-/t18-/m0/s1. The Kier molecular flexibility index (Phi) is 7.77. The molecule has 0 saturated carbocycles. The normalized spacial score (nSPS) is 16.0. The maximum atomic E-state index is 13.0. The minimum absolute atomic E-state index is 0.213. The van der Waals surface area contributed by atoms with E-state index < -0.39 is 0 Å². The van der Waals surface area contributed by atoms with Gasteiger partial charge in [0.2, 0.25) is 0 Å². The molecule has 0 amide bonds. The molecule has 1 fully saturated rings. The summed E-state index contributed by atoms with van der Waals surface area (Å²) in [7, 11) is 1.57. The molecule has 1 aliphatic heterocycles. The molecule has 1 saturated heterocycles. The van der Waals surface area contributed by atoms with Gasteiger partial charge in [0.15, 0.2) is 16.6 Å². The molecular formula is C21H24FN3O3S.